The minimum absolute atomic E-state index is 0.00435. The van der Waals surface area contributed by atoms with E-state index in [4.69, 9.17) is 4.74 Å². The van der Waals surface area contributed by atoms with Crippen molar-refractivity contribution in [1.82, 2.24) is 14.7 Å². The number of fused-ring (bicyclic) bond motifs is 1. The Bertz CT molecular complexity index is 700. The number of carbonyl (C=O) groups excluding carboxylic acids is 2. The van der Waals surface area contributed by atoms with E-state index in [9.17, 15) is 9.59 Å². The molecular weight excluding hydrogens is 330 g/mol. The molecule has 2 fully saturated rings. The molecule has 3 aliphatic rings. The van der Waals surface area contributed by atoms with Crippen molar-refractivity contribution in [3.63, 3.8) is 0 Å². The molecule has 0 saturated carbocycles. The molecule has 26 heavy (non-hydrogen) atoms. The van der Waals surface area contributed by atoms with Gasteiger partial charge in [0.05, 0.1) is 13.2 Å². The molecule has 0 bridgehead atoms. The van der Waals surface area contributed by atoms with Crippen LogP contribution in [0.15, 0.2) is 18.2 Å². The highest BCUT2D eigenvalue weighted by molar-refractivity contribution is 6.02. The summed E-state index contributed by atoms with van der Waals surface area (Å²) in [7, 11) is 0. The highest BCUT2D eigenvalue weighted by atomic mass is 16.5. The lowest BCUT2D eigenvalue weighted by Crippen LogP contribution is -2.41. The lowest BCUT2D eigenvalue weighted by Gasteiger charge is -2.27. The first-order valence-corrected chi connectivity index (χ1v) is 9.70. The van der Waals surface area contributed by atoms with Gasteiger partial charge in [-0.2, -0.15) is 0 Å². The number of carbonyl (C=O) groups is 2. The van der Waals surface area contributed by atoms with Crippen LogP contribution in [0.5, 0.6) is 0 Å². The second-order valence-corrected chi connectivity index (χ2v) is 7.39. The van der Waals surface area contributed by atoms with Gasteiger partial charge in [0.2, 0.25) is 0 Å². The molecule has 0 unspecified atom stereocenters. The molecular formula is C20H27N3O3. The summed E-state index contributed by atoms with van der Waals surface area (Å²) in [5.74, 6) is 0.0647. The van der Waals surface area contributed by atoms with Crippen molar-refractivity contribution >= 4 is 11.8 Å². The second kappa shape index (κ2) is 7.37. The molecule has 0 spiro atoms. The van der Waals surface area contributed by atoms with Gasteiger partial charge in [0, 0.05) is 43.3 Å². The van der Waals surface area contributed by atoms with Crippen LogP contribution < -0.4 is 0 Å². The summed E-state index contributed by atoms with van der Waals surface area (Å²) in [6, 6.07) is 6.07. The number of hydrogen-bond acceptors (Lipinski definition) is 4. The van der Waals surface area contributed by atoms with E-state index < -0.39 is 0 Å². The first kappa shape index (κ1) is 17.5. The average Bonchev–Trinajstić information content (AvgIpc) is 3.26. The SMILES string of the molecule is CCN1CCC[C@@H]1CN1Cc2ccc(C(=O)N3CCOCC3)cc2C1=O. The predicted molar refractivity (Wildman–Crippen MR) is 98.2 cm³/mol. The van der Waals surface area contributed by atoms with Crippen LogP contribution in [0.25, 0.3) is 0 Å². The molecule has 1 aromatic carbocycles. The number of nitrogens with zero attached hydrogens (tertiary/aromatic N) is 3. The summed E-state index contributed by atoms with van der Waals surface area (Å²) in [5, 5.41) is 0. The van der Waals surface area contributed by atoms with Gasteiger partial charge in [-0.1, -0.05) is 13.0 Å². The third kappa shape index (κ3) is 3.23. The van der Waals surface area contributed by atoms with E-state index in [0.717, 1.165) is 31.6 Å². The van der Waals surface area contributed by atoms with Crippen LogP contribution in [-0.4, -0.2) is 78.5 Å². The van der Waals surface area contributed by atoms with Crippen LogP contribution >= 0.6 is 0 Å². The van der Waals surface area contributed by atoms with Crippen LogP contribution in [0.1, 0.15) is 46.0 Å². The van der Waals surface area contributed by atoms with Gasteiger partial charge in [-0.3, -0.25) is 14.5 Å². The maximum absolute atomic E-state index is 12.9. The molecule has 6 nitrogen and oxygen atoms in total. The lowest BCUT2D eigenvalue weighted by atomic mass is 10.1. The summed E-state index contributed by atoms with van der Waals surface area (Å²) >= 11 is 0. The monoisotopic (exact) mass is 357 g/mol. The highest BCUT2D eigenvalue weighted by Gasteiger charge is 2.33. The van der Waals surface area contributed by atoms with Crippen molar-refractivity contribution < 1.29 is 14.3 Å². The number of likely N-dealkylation sites (tertiary alicyclic amines) is 1. The molecule has 4 rings (SSSR count). The fourth-order valence-electron chi connectivity index (χ4n) is 4.36. The smallest absolute Gasteiger partial charge is 0.254 e. The zero-order chi connectivity index (χ0) is 18.1. The Hall–Kier alpha value is -1.92. The van der Waals surface area contributed by atoms with E-state index >= 15 is 0 Å². The summed E-state index contributed by atoms with van der Waals surface area (Å²) in [5.41, 5.74) is 2.34. The zero-order valence-corrected chi connectivity index (χ0v) is 15.4. The molecule has 2 amide bonds. The maximum atomic E-state index is 12.9. The predicted octanol–water partition coefficient (Wildman–Crippen LogP) is 1.60. The van der Waals surface area contributed by atoms with Crippen molar-refractivity contribution in [3.05, 3.63) is 34.9 Å². The van der Waals surface area contributed by atoms with Crippen LogP contribution in [0.3, 0.4) is 0 Å². The van der Waals surface area contributed by atoms with Crippen molar-refractivity contribution in [3.8, 4) is 0 Å². The molecule has 2 saturated heterocycles. The van der Waals surface area contributed by atoms with Gasteiger partial charge in [-0.15, -0.1) is 0 Å². The van der Waals surface area contributed by atoms with Gasteiger partial charge >= 0.3 is 0 Å². The van der Waals surface area contributed by atoms with Crippen LogP contribution in [0.4, 0.5) is 0 Å². The molecule has 0 radical (unpaired) electrons. The molecule has 0 aliphatic carbocycles. The second-order valence-electron chi connectivity index (χ2n) is 7.39. The van der Waals surface area contributed by atoms with Gasteiger partial charge in [0.25, 0.3) is 11.8 Å². The largest absolute Gasteiger partial charge is 0.378 e. The fourth-order valence-corrected chi connectivity index (χ4v) is 4.36. The molecule has 0 aromatic heterocycles. The third-order valence-electron chi connectivity index (χ3n) is 5.87. The Morgan fingerprint density at radius 2 is 2.04 bits per heavy atom. The zero-order valence-electron chi connectivity index (χ0n) is 15.4. The summed E-state index contributed by atoms with van der Waals surface area (Å²) in [4.78, 5) is 31.8. The van der Waals surface area contributed by atoms with E-state index in [2.05, 4.69) is 11.8 Å². The number of morpholine rings is 1. The quantitative estimate of drug-likeness (QED) is 0.821. The van der Waals surface area contributed by atoms with Gasteiger partial charge < -0.3 is 14.5 Å². The molecule has 6 heteroatoms. The van der Waals surface area contributed by atoms with E-state index in [1.54, 1.807) is 11.0 Å². The lowest BCUT2D eigenvalue weighted by molar-refractivity contribution is 0.0303. The number of likely N-dealkylation sites (N-methyl/N-ethyl adjacent to an activating group) is 1. The van der Waals surface area contributed by atoms with Crippen molar-refractivity contribution in [2.45, 2.75) is 32.4 Å². The maximum Gasteiger partial charge on any atom is 0.254 e. The van der Waals surface area contributed by atoms with Crippen LogP contribution in [-0.2, 0) is 11.3 Å². The normalized spacial score (nSPS) is 23.6. The average molecular weight is 357 g/mol. The molecule has 140 valence electrons. The Kier molecular flexibility index (Phi) is 4.96. The Morgan fingerprint density at radius 3 is 2.81 bits per heavy atom. The number of benzene rings is 1. The van der Waals surface area contributed by atoms with Gasteiger partial charge in [0.15, 0.2) is 0 Å². The summed E-state index contributed by atoms with van der Waals surface area (Å²) in [6.45, 7) is 8.20. The Labute approximate surface area is 154 Å². The number of ether oxygens (including phenoxy) is 1. The Morgan fingerprint density at radius 1 is 1.23 bits per heavy atom. The number of hydrogen-bond donors (Lipinski definition) is 0. The minimum Gasteiger partial charge on any atom is -0.378 e. The van der Waals surface area contributed by atoms with E-state index in [1.165, 1.54) is 6.42 Å². The van der Waals surface area contributed by atoms with Crippen LogP contribution in [0, 0.1) is 0 Å². The highest BCUT2D eigenvalue weighted by Crippen LogP contribution is 2.27. The molecule has 0 N–H and O–H groups in total. The minimum atomic E-state index is -0.00435. The topological polar surface area (TPSA) is 53.1 Å². The molecule has 3 aliphatic heterocycles. The molecule has 1 atom stereocenters. The van der Waals surface area contributed by atoms with Gasteiger partial charge in [0.1, 0.15) is 0 Å². The summed E-state index contributed by atoms with van der Waals surface area (Å²) < 4.78 is 5.31. The number of amides is 2. The standard InChI is InChI=1S/C20H27N3O3/c1-2-21-7-3-4-17(21)14-23-13-16-6-5-15(12-18(16)20(23)25)19(24)22-8-10-26-11-9-22/h5-6,12,17H,2-4,7-11,13-14H2,1H3/t17-/m1/s1. The van der Waals surface area contributed by atoms with Gasteiger partial charge in [-0.25, -0.2) is 0 Å². The van der Waals surface area contributed by atoms with Crippen LogP contribution in [0.2, 0.25) is 0 Å². The van der Waals surface area contributed by atoms with Crippen molar-refractivity contribution in [2.75, 3.05) is 45.9 Å². The van der Waals surface area contributed by atoms with E-state index in [0.29, 0.717) is 50.0 Å². The van der Waals surface area contributed by atoms with E-state index in [1.807, 2.05) is 17.0 Å². The van der Waals surface area contributed by atoms with Crippen molar-refractivity contribution in [2.24, 2.45) is 0 Å². The fraction of sp³-hybridized carbons (Fsp3) is 0.600. The third-order valence-corrected chi connectivity index (χ3v) is 5.87. The van der Waals surface area contributed by atoms with E-state index in [-0.39, 0.29) is 11.8 Å². The summed E-state index contributed by atoms with van der Waals surface area (Å²) in [6.07, 6.45) is 2.38. The molecule has 1 aromatic rings. The van der Waals surface area contributed by atoms with Gasteiger partial charge in [-0.05, 0) is 43.6 Å². The molecule has 3 heterocycles. The Balaban J connectivity index is 1.47. The first-order chi connectivity index (χ1) is 12.7. The first-order valence-electron chi connectivity index (χ1n) is 9.70. The van der Waals surface area contributed by atoms with Crippen molar-refractivity contribution in [1.29, 1.82) is 0 Å². The number of rotatable bonds is 4.